The molecule has 22 heavy (non-hydrogen) atoms. The highest BCUT2D eigenvalue weighted by atomic mass is 35.5. The number of aryl methyl sites for hydroxylation is 1. The molecule has 0 radical (unpaired) electrons. The van der Waals surface area contributed by atoms with Crippen LogP contribution in [0.4, 0.5) is 5.69 Å². The number of rotatable bonds is 6. The molecule has 2 rings (SSSR count). The first-order chi connectivity index (χ1) is 10.5. The molecule has 0 saturated heterocycles. The number of aliphatic hydroxyl groups is 1. The molecule has 0 heterocycles. The van der Waals surface area contributed by atoms with E-state index in [1.807, 2.05) is 12.1 Å². The van der Waals surface area contributed by atoms with E-state index in [4.69, 9.17) is 11.6 Å². The first-order valence-electron chi connectivity index (χ1n) is 6.86. The fourth-order valence-electron chi connectivity index (χ4n) is 2.17. The van der Waals surface area contributed by atoms with E-state index in [9.17, 15) is 15.2 Å². The molecule has 0 aliphatic carbocycles. The molecule has 0 fully saturated rings. The smallest absolute Gasteiger partial charge is 0.272 e. The van der Waals surface area contributed by atoms with Crippen molar-refractivity contribution in [2.45, 2.75) is 19.6 Å². The van der Waals surface area contributed by atoms with E-state index in [0.29, 0.717) is 29.2 Å². The third-order valence-corrected chi connectivity index (χ3v) is 3.75. The second kappa shape index (κ2) is 7.35. The molecule has 0 amide bonds. The zero-order valence-corrected chi connectivity index (χ0v) is 12.9. The van der Waals surface area contributed by atoms with Crippen LogP contribution in [0.1, 0.15) is 22.8 Å². The maximum Gasteiger partial charge on any atom is 0.272 e. The predicted octanol–water partition coefficient (Wildman–Crippen LogP) is 3.38. The molecule has 2 aromatic rings. The maximum absolute atomic E-state index is 10.9. The molecule has 1 unspecified atom stereocenters. The lowest BCUT2D eigenvalue weighted by atomic mass is 10.1. The number of nitrogens with zero attached hydrogens (tertiary/aromatic N) is 1. The van der Waals surface area contributed by atoms with E-state index in [2.05, 4.69) is 5.32 Å². The van der Waals surface area contributed by atoms with Gasteiger partial charge in [0, 0.05) is 35.3 Å². The number of nitro groups is 1. The lowest BCUT2D eigenvalue weighted by Gasteiger charge is -2.13. The Hall–Kier alpha value is -1.95. The van der Waals surface area contributed by atoms with Gasteiger partial charge in [-0.3, -0.25) is 10.1 Å². The van der Waals surface area contributed by atoms with Crippen molar-refractivity contribution in [1.29, 1.82) is 0 Å². The molecule has 0 saturated carbocycles. The summed E-state index contributed by atoms with van der Waals surface area (Å²) in [5.41, 5.74) is 2.19. The minimum atomic E-state index is -0.728. The molecule has 1 atom stereocenters. The highest BCUT2D eigenvalue weighted by molar-refractivity contribution is 6.31. The van der Waals surface area contributed by atoms with Crippen LogP contribution >= 0.6 is 11.6 Å². The monoisotopic (exact) mass is 320 g/mol. The summed E-state index contributed by atoms with van der Waals surface area (Å²) in [5, 5.41) is 24.6. The van der Waals surface area contributed by atoms with Gasteiger partial charge in [0.05, 0.1) is 11.0 Å². The molecular formula is C16H17ClN2O3. The van der Waals surface area contributed by atoms with Crippen molar-refractivity contribution in [3.8, 4) is 0 Å². The largest absolute Gasteiger partial charge is 0.387 e. The SMILES string of the molecule is Cc1ccc(CNCC(O)c2ccccc2Cl)cc1[N+](=O)[O-]. The lowest BCUT2D eigenvalue weighted by molar-refractivity contribution is -0.385. The van der Waals surface area contributed by atoms with E-state index in [1.165, 1.54) is 0 Å². The molecule has 2 aromatic carbocycles. The van der Waals surface area contributed by atoms with Crippen molar-refractivity contribution in [2.24, 2.45) is 0 Å². The molecular weight excluding hydrogens is 304 g/mol. The first-order valence-corrected chi connectivity index (χ1v) is 7.24. The van der Waals surface area contributed by atoms with Crippen LogP contribution < -0.4 is 5.32 Å². The van der Waals surface area contributed by atoms with Crippen LogP contribution in [-0.4, -0.2) is 16.6 Å². The van der Waals surface area contributed by atoms with Gasteiger partial charge in [0.1, 0.15) is 0 Å². The number of hydrogen-bond donors (Lipinski definition) is 2. The Bertz CT molecular complexity index is 676. The first kappa shape index (κ1) is 16.4. The number of halogens is 1. The van der Waals surface area contributed by atoms with Crippen molar-refractivity contribution in [3.63, 3.8) is 0 Å². The average molecular weight is 321 g/mol. The minimum absolute atomic E-state index is 0.103. The van der Waals surface area contributed by atoms with Crippen molar-refractivity contribution >= 4 is 17.3 Å². The summed E-state index contributed by atoms with van der Waals surface area (Å²) in [7, 11) is 0. The number of nitrogens with one attached hydrogen (secondary N) is 1. The third-order valence-electron chi connectivity index (χ3n) is 3.40. The quantitative estimate of drug-likeness (QED) is 0.632. The fraction of sp³-hybridized carbons (Fsp3) is 0.250. The van der Waals surface area contributed by atoms with Crippen LogP contribution in [0.3, 0.4) is 0 Å². The molecule has 116 valence electrons. The number of hydrogen-bond acceptors (Lipinski definition) is 4. The molecule has 0 aliphatic heterocycles. The molecule has 6 heteroatoms. The number of benzene rings is 2. The van der Waals surface area contributed by atoms with Crippen molar-refractivity contribution in [2.75, 3.05) is 6.54 Å². The lowest BCUT2D eigenvalue weighted by Crippen LogP contribution is -2.21. The van der Waals surface area contributed by atoms with E-state index in [0.717, 1.165) is 5.56 Å². The van der Waals surface area contributed by atoms with Gasteiger partial charge in [-0.25, -0.2) is 0 Å². The van der Waals surface area contributed by atoms with Crippen LogP contribution in [0, 0.1) is 17.0 Å². The zero-order chi connectivity index (χ0) is 16.1. The molecule has 0 aromatic heterocycles. The summed E-state index contributed by atoms with van der Waals surface area (Å²) in [4.78, 5) is 10.5. The predicted molar refractivity (Wildman–Crippen MR) is 86.0 cm³/mol. The van der Waals surface area contributed by atoms with Crippen LogP contribution in [0.2, 0.25) is 5.02 Å². The maximum atomic E-state index is 10.9. The summed E-state index contributed by atoms with van der Waals surface area (Å²) in [5.74, 6) is 0. The summed E-state index contributed by atoms with van der Waals surface area (Å²) in [6.45, 7) is 2.45. The zero-order valence-electron chi connectivity index (χ0n) is 12.1. The van der Waals surface area contributed by atoms with E-state index >= 15 is 0 Å². The van der Waals surface area contributed by atoms with Crippen LogP contribution in [0.5, 0.6) is 0 Å². The molecule has 0 aliphatic rings. The van der Waals surface area contributed by atoms with Crippen molar-refractivity contribution in [1.82, 2.24) is 5.32 Å². The molecule has 0 spiro atoms. The normalized spacial score (nSPS) is 12.1. The van der Waals surface area contributed by atoms with Gasteiger partial charge in [-0.05, 0) is 18.6 Å². The van der Waals surface area contributed by atoms with Gasteiger partial charge in [0.2, 0.25) is 0 Å². The highest BCUT2D eigenvalue weighted by Crippen LogP contribution is 2.22. The summed E-state index contributed by atoms with van der Waals surface area (Å²) in [6.07, 6.45) is -0.728. The minimum Gasteiger partial charge on any atom is -0.387 e. The Morgan fingerprint density at radius 3 is 2.73 bits per heavy atom. The topological polar surface area (TPSA) is 75.4 Å². The van der Waals surface area contributed by atoms with Gasteiger partial charge in [0.15, 0.2) is 0 Å². The Balaban J connectivity index is 1.95. The van der Waals surface area contributed by atoms with Gasteiger partial charge >= 0.3 is 0 Å². The van der Waals surface area contributed by atoms with Crippen LogP contribution in [0.25, 0.3) is 0 Å². The van der Waals surface area contributed by atoms with E-state index in [-0.39, 0.29) is 5.69 Å². The van der Waals surface area contributed by atoms with Crippen molar-refractivity contribution < 1.29 is 10.0 Å². The average Bonchev–Trinajstić information content (AvgIpc) is 2.49. The number of aliphatic hydroxyl groups excluding tert-OH is 1. The molecule has 2 N–H and O–H groups in total. The standard InChI is InChI=1S/C16H17ClN2O3/c1-11-6-7-12(8-15(11)19(21)22)9-18-10-16(20)13-4-2-3-5-14(13)17/h2-8,16,18,20H,9-10H2,1H3. The van der Waals surface area contributed by atoms with Gasteiger partial charge in [-0.1, -0.05) is 41.9 Å². The Labute approximate surface area is 133 Å². The van der Waals surface area contributed by atoms with Gasteiger partial charge in [-0.2, -0.15) is 0 Å². The van der Waals surface area contributed by atoms with Crippen molar-refractivity contribution in [3.05, 3.63) is 74.3 Å². The second-order valence-electron chi connectivity index (χ2n) is 5.05. The summed E-state index contributed by atoms with van der Waals surface area (Å²) >= 11 is 6.03. The molecule has 0 bridgehead atoms. The third kappa shape index (κ3) is 4.04. The number of nitro benzene ring substituents is 1. The highest BCUT2D eigenvalue weighted by Gasteiger charge is 2.12. The Morgan fingerprint density at radius 2 is 2.05 bits per heavy atom. The van der Waals surface area contributed by atoms with Crippen LogP contribution in [0.15, 0.2) is 42.5 Å². The Morgan fingerprint density at radius 1 is 1.32 bits per heavy atom. The second-order valence-corrected chi connectivity index (χ2v) is 5.45. The van der Waals surface area contributed by atoms with Gasteiger partial charge in [0.25, 0.3) is 5.69 Å². The van der Waals surface area contributed by atoms with Gasteiger partial charge < -0.3 is 10.4 Å². The Kier molecular flexibility index (Phi) is 5.49. The van der Waals surface area contributed by atoms with Gasteiger partial charge in [-0.15, -0.1) is 0 Å². The summed E-state index contributed by atoms with van der Waals surface area (Å²) in [6, 6.07) is 12.2. The van der Waals surface area contributed by atoms with E-state index < -0.39 is 11.0 Å². The molecule has 5 nitrogen and oxygen atoms in total. The summed E-state index contributed by atoms with van der Waals surface area (Å²) < 4.78 is 0. The van der Waals surface area contributed by atoms with Crippen LogP contribution in [-0.2, 0) is 6.54 Å². The van der Waals surface area contributed by atoms with E-state index in [1.54, 1.807) is 37.3 Å². The fourth-order valence-corrected chi connectivity index (χ4v) is 2.43.